The van der Waals surface area contributed by atoms with Crippen molar-refractivity contribution in [1.29, 1.82) is 0 Å². The van der Waals surface area contributed by atoms with Crippen molar-refractivity contribution in [2.24, 2.45) is 5.41 Å². The molecule has 29 heavy (non-hydrogen) atoms. The fraction of sp³-hybridized carbons (Fsp3) is 0.391. The standard InChI is InChI=1S/C23H24ClN3O2/c24-18-7-5-17(6-8-18)14-26-11-9-23(10-12-26)13-19(29-22(23)28)15-27-16-25-20-3-1-2-4-21(20)27/h1-8,16,19H,9-15H2. The van der Waals surface area contributed by atoms with E-state index in [0.29, 0.717) is 6.54 Å². The maximum absolute atomic E-state index is 12.8. The number of fused-ring (bicyclic) bond motifs is 1. The molecular weight excluding hydrogens is 386 g/mol. The molecule has 1 atom stereocenters. The zero-order valence-electron chi connectivity index (χ0n) is 16.3. The van der Waals surface area contributed by atoms with Gasteiger partial charge in [-0.2, -0.15) is 0 Å². The number of rotatable bonds is 4. The van der Waals surface area contributed by atoms with Crippen LogP contribution in [0.4, 0.5) is 0 Å². The summed E-state index contributed by atoms with van der Waals surface area (Å²) < 4.78 is 7.92. The first-order valence-corrected chi connectivity index (χ1v) is 10.6. The Balaban J connectivity index is 1.22. The molecular formula is C23H24ClN3O2. The Morgan fingerprint density at radius 3 is 2.66 bits per heavy atom. The van der Waals surface area contributed by atoms with Crippen LogP contribution in [0.15, 0.2) is 54.9 Å². The second-order valence-corrected chi connectivity index (χ2v) is 8.74. The lowest BCUT2D eigenvalue weighted by Crippen LogP contribution is -2.42. The van der Waals surface area contributed by atoms with Crippen LogP contribution in [-0.4, -0.2) is 39.6 Å². The Bertz CT molecular complexity index is 1020. The van der Waals surface area contributed by atoms with E-state index >= 15 is 0 Å². The number of imidazole rings is 1. The van der Waals surface area contributed by atoms with E-state index in [1.807, 2.05) is 36.7 Å². The number of carbonyl (C=O) groups is 1. The Hall–Kier alpha value is -2.37. The smallest absolute Gasteiger partial charge is 0.312 e. The Morgan fingerprint density at radius 2 is 1.86 bits per heavy atom. The van der Waals surface area contributed by atoms with Gasteiger partial charge >= 0.3 is 5.97 Å². The number of carbonyl (C=O) groups excluding carboxylic acids is 1. The average molecular weight is 410 g/mol. The number of halogens is 1. The van der Waals surface area contributed by atoms with Crippen LogP contribution in [0.2, 0.25) is 5.02 Å². The molecule has 2 aliphatic heterocycles. The monoisotopic (exact) mass is 409 g/mol. The van der Waals surface area contributed by atoms with Crippen molar-refractivity contribution in [2.75, 3.05) is 13.1 Å². The molecule has 2 aliphatic rings. The van der Waals surface area contributed by atoms with Gasteiger partial charge in [-0.15, -0.1) is 0 Å². The molecule has 150 valence electrons. The van der Waals surface area contributed by atoms with Crippen molar-refractivity contribution >= 4 is 28.6 Å². The SMILES string of the molecule is O=C1OC(Cn2cnc3ccccc32)CC12CCN(Cc1ccc(Cl)cc1)CC2. The van der Waals surface area contributed by atoms with Crippen molar-refractivity contribution in [1.82, 2.24) is 14.5 Å². The lowest BCUT2D eigenvalue weighted by Gasteiger charge is -2.36. The highest BCUT2D eigenvalue weighted by molar-refractivity contribution is 6.30. The van der Waals surface area contributed by atoms with Gasteiger partial charge in [-0.05, 0) is 55.8 Å². The Kier molecular flexibility index (Phi) is 4.80. The van der Waals surface area contributed by atoms with Gasteiger partial charge in [0.2, 0.25) is 0 Å². The second kappa shape index (κ2) is 7.47. The highest BCUT2D eigenvalue weighted by Gasteiger charge is 2.50. The van der Waals surface area contributed by atoms with Crippen LogP contribution in [-0.2, 0) is 22.6 Å². The molecule has 0 aliphatic carbocycles. The summed E-state index contributed by atoms with van der Waals surface area (Å²) in [7, 11) is 0. The molecule has 1 spiro atoms. The molecule has 2 fully saturated rings. The van der Waals surface area contributed by atoms with E-state index in [-0.39, 0.29) is 17.5 Å². The average Bonchev–Trinajstić information content (AvgIpc) is 3.27. The van der Waals surface area contributed by atoms with E-state index in [1.165, 1.54) is 5.56 Å². The van der Waals surface area contributed by atoms with E-state index in [1.54, 1.807) is 0 Å². The van der Waals surface area contributed by atoms with Gasteiger partial charge in [0.25, 0.3) is 0 Å². The van der Waals surface area contributed by atoms with Crippen LogP contribution in [0.1, 0.15) is 24.8 Å². The van der Waals surface area contributed by atoms with Gasteiger partial charge in [0.15, 0.2) is 0 Å². The first-order chi connectivity index (χ1) is 14.1. The van der Waals surface area contributed by atoms with Gasteiger partial charge < -0.3 is 9.30 Å². The van der Waals surface area contributed by atoms with Crippen molar-refractivity contribution in [3.63, 3.8) is 0 Å². The third-order valence-electron chi connectivity index (χ3n) is 6.39. The maximum Gasteiger partial charge on any atom is 0.312 e. The van der Waals surface area contributed by atoms with Gasteiger partial charge in [-0.3, -0.25) is 9.69 Å². The van der Waals surface area contributed by atoms with E-state index in [2.05, 4.69) is 32.7 Å². The number of ether oxygens (including phenoxy) is 1. The summed E-state index contributed by atoms with van der Waals surface area (Å²) in [5, 5.41) is 0.761. The van der Waals surface area contributed by atoms with Gasteiger partial charge in [0.1, 0.15) is 6.10 Å². The predicted octanol–water partition coefficient (Wildman–Crippen LogP) is 4.29. The van der Waals surface area contributed by atoms with E-state index in [4.69, 9.17) is 16.3 Å². The quantitative estimate of drug-likeness (QED) is 0.603. The third-order valence-corrected chi connectivity index (χ3v) is 6.64. The molecule has 1 unspecified atom stereocenters. The molecule has 6 heteroatoms. The van der Waals surface area contributed by atoms with Crippen LogP contribution >= 0.6 is 11.6 Å². The van der Waals surface area contributed by atoms with Crippen molar-refractivity contribution in [3.05, 3.63) is 65.4 Å². The molecule has 0 saturated carbocycles. The highest BCUT2D eigenvalue weighted by Crippen LogP contribution is 2.43. The maximum atomic E-state index is 12.8. The normalized spacial score (nSPS) is 21.7. The van der Waals surface area contributed by atoms with Gasteiger partial charge in [0, 0.05) is 18.0 Å². The molecule has 0 N–H and O–H groups in total. The third kappa shape index (κ3) is 3.65. The first kappa shape index (κ1) is 18.6. The topological polar surface area (TPSA) is 47.4 Å². The summed E-state index contributed by atoms with van der Waals surface area (Å²) in [6.07, 6.45) is 4.29. The molecule has 2 saturated heterocycles. The van der Waals surface area contributed by atoms with Crippen LogP contribution in [0.3, 0.4) is 0 Å². The lowest BCUT2D eigenvalue weighted by atomic mass is 9.76. The Labute approximate surface area is 175 Å². The zero-order chi connectivity index (χ0) is 19.8. The molecule has 0 amide bonds. The number of cyclic esters (lactones) is 1. The number of benzene rings is 2. The van der Waals surface area contributed by atoms with Crippen LogP contribution < -0.4 is 0 Å². The minimum atomic E-state index is -0.322. The molecule has 3 heterocycles. The molecule has 1 aromatic heterocycles. The van der Waals surface area contributed by atoms with Gasteiger partial charge in [0.05, 0.1) is 29.3 Å². The zero-order valence-corrected chi connectivity index (χ0v) is 17.0. The fourth-order valence-corrected chi connectivity index (χ4v) is 4.84. The minimum Gasteiger partial charge on any atom is -0.460 e. The summed E-state index contributed by atoms with van der Waals surface area (Å²) in [6, 6.07) is 16.1. The van der Waals surface area contributed by atoms with E-state index in [9.17, 15) is 4.79 Å². The van der Waals surface area contributed by atoms with E-state index in [0.717, 1.165) is 55.0 Å². The molecule has 0 radical (unpaired) electrons. The number of hydrogen-bond donors (Lipinski definition) is 0. The summed E-state index contributed by atoms with van der Waals surface area (Å²) in [6.45, 7) is 3.39. The molecule has 5 rings (SSSR count). The molecule has 5 nitrogen and oxygen atoms in total. The van der Waals surface area contributed by atoms with Crippen molar-refractivity contribution < 1.29 is 9.53 Å². The molecule has 0 bridgehead atoms. The number of aromatic nitrogens is 2. The number of nitrogens with zero attached hydrogens (tertiary/aromatic N) is 3. The summed E-state index contributed by atoms with van der Waals surface area (Å²) in [5.41, 5.74) is 2.99. The lowest BCUT2D eigenvalue weighted by molar-refractivity contribution is -0.151. The fourth-order valence-electron chi connectivity index (χ4n) is 4.71. The van der Waals surface area contributed by atoms with Gasteiger partial charge in [-0.1, -0.05) is 35.9 Å². The van der Waals surface area contributed by atoms with Crippen molar-refractivity contribution in [3.8, 4) is 0 Å². The van der Waals surface area contributed by atoms with Crippen LogP contribution in [0.25, 0.3) is 11.0 Å². The Morgan fingerprint density at radius 1 is 1.10 bits per heavy atom. The van der Waals surface area contributed by atoms with E-state index < -0.39 is 0 Å². The summed E-state index contributed by atoms with van der Waals surface area (Å²) in [4.78, 5) is 19.6. The number of likely N-dealkylation sites (tertiary alicyclic amines) is 1. The van der Waals surface area contributed by atoms with Crippen LogP contribution in [0, 0.1) is 5.41 Å². The molecule has 3 aromatic rings. The summed E-state index contributed by atoms with van der Waals surface area (Å²) in [5.74, 6) is -0.0157. The minimum absolute atomic E-state index is 0.0157. The van der Waals surface area contributed by atoms with Crippen molar-refractivity contribution in [2.45, 2.75) is 38.5 Å². The number of para-hydroxylation sites is 2. The highest BCUT2D eigenvalue weighted by atomic mass is 35.5. The number of hydrogen-bond acceptors (Lipinski definition) is 4. The number of esters is 1. The van der Waals surface area contributed by atoms with Gasteiger partial charge in [-0.25, -0.2) is 4.98 Å². The molecule has 2 aromatic carbocycles. The van der Waals surface area contributed by atoms with Crippen LogP contribution in [0.5, 0.6) is 0 Å². The second-order valence-electron chi connectivity index (χ2n) is 8.30. The first-order valence-electron chi connectivity index (χ1n) is 10.2. The number of piperidine rings is 1. The largest absolute Gasteiger partial charge is 0.460 e. The predicted molar refractivity (Wildman–Crippen MR) is 113 cm³/mol. The summed E-state index contributed by atoms with van der Waals surface area (Å²) >= 11 is 5.98.